The molecule has 1 fully saturated rings. The molecule has 1 aromatic rings. The van der Waals surface area contributed by atoms with Crippen LogP contribution in [0.4, 0.5) is 23.7 Å². The highest BCUT2D eigenvalue weighted by atomic mass is 19.4. The first-order valence-electron chi connectivity index (χ1n) is 6.78. The Morgan fingerprint density at radius 3 is 2.68 bits per heavy atom. The van der Waals surface area contributed by atoms with Gasteiger partial charge in [0.1, 0.15) is 0 Å². The van der Waals surface area contributed by atoms with E-state index in [-0.39, 0.29) is 17.6 Å². The maximum absolute atomic E-state index is 12.7. The van der Waals surface area contributed by atoms with Crippen molar-refractivity contribution in [2.24, 2.45) is 0 Å². The number of urea groups is 1. The zero-order chi connectivity index (χ0) is 16.3. The number of hydrogen-bond donors (Lipinski definition) is 3. The van der Waals surface area contributed by atoms with Gasteiger partial charge in [0.2, 0.25) is 5.91 Å². The van der Waals surface area contributed by atoms with Crippen molar-refractivity contribution >= 4 is 17.6 Å². The van der Waals surface area contributed by atoms with Gasteiger partial charge in [-0.25, -0.2) is 4.79 Å². The summed E-state index contributed by atoms with van der Waals surface area (Å²) in [5, 5.41) is 7.66. The molecule has 1 atom stereocenters. The minimum Gasteiger partial charge on any atom is -0.354 e. The lowest BCUT2D eigenvalue weighted by Gasteiger charge is -2.23. The number of halogens is 3. The van der Waals surface area contributed by atoms with Gasteiger partial charge in [0.15, 0.2) is 0 Å². The number of carbonyl (C=O) groups is 2. The molecular formula is C14H16F3N3O2. The largest absolute Gasteiger partial charge is 0.416 e. The smallest absolute Gasteiger partial charge is 0.354 e. The van der Waals surface area contributed by atoms with Crippen molar-refractivity contribution in [1.29, 1.82) is 0 Å². The fourth-order valence-corrected chi connectivity index (χ4v) is 2.13. The predicted octanol–water partition coefficient (Wildman–Crippen LogP) is 2.41. The number of rotatable bonds is 2. The molecule has 8 heteroatoms. The van der Waals surface area contributed by atoms with Crippen molar-refractivity contribution in [3.8, 4) is 0 Å². The van der Waals surface area contributed by atoms with E-state index in [4.69, 9.17) is 0 Å². The summed E-state index contributed by atoms with van der Waals surface area (Å²) in [6, 6.07) is 2.35. The molecule has 0 spiro atoms. The van der Waals surface area contributed by atoms with Crippen LogP contribution >= 0.6 is 0 Å². The molecule has 22 heavy (non-hydrogen) atoms. The number of amides is 3. The van der Waals surface area contributed by atoms with Crippen molar-refractivity contribution < 1.29 is 22.8 Å². The molecule has 5 nitrogen and oxygen atoms in total. The minimum absolute atomic E-state index is 0.0767. The van der Waals surface area contributed by atoms with Crippen LogP contribution in [-0.2, 0) is 11.0 Å². The van der Waals surface area contributed by atoms with Crippen LogP contribution < -0.4 is 16.0 Å². The van der Waals surface area contributed by atoms with Crippen molar-refractivity contribution in [2.45, 2.75) is 32.0 Å². The number of aryl methyl sites for hydroxylation is 1. The predicted molar refractivity (Wildman–Crippen MR) is 74.4 cm³/mol. The second-order valence-electron chi connectivity index (χ2n) is 5.17. The second kappa shape index (κ2) is 6.25. The number of nitrogens with one attached hydrogen (secondary N) is 3. The fraction of sp³-hybridized carbons (Fsp3) is 0.429. The molecule has 3 amide bonds. The van der Waals surface area contributed by atoms with Crippen LogP contribution in [0.25, 0.3) is 0 Å². The number of carbonyl (C=O) groups excluding carboxylic acids is 2. The summed E-state index contributed by atoms with van der Waals surface area (Å²) < 4.78 is 38.0. The summed E-state index contributed by atoms with van der Waals surface area (Å²) in [6.45, 7) is 1.92. The first-order chi connectivity index (χ1) is 10.3. The molecule has 1 aliphatic heterocycles. The molecule has 0 aliphatic carbocycles. The molecule has 0 saturated carbocycles. The highest BCUT2D eigenvalue weighted by Crippen LogP contribution is 2.32. The van der Waals surface area contributed by atoms with Gasteiger partial charge in [0, 0.05) is 24.7 Å². The standard InChI is InChI=1S/C14H16F3N3O2/c1-8-2-3-9(14(15,16)17)6-11(8)20-13(22)19-10-4-5-12(21)18-7-10/h2-3,6,10H,4-5,7H2,1H3,(H,18,21)(H2,19,20,22)/t10-/m0/s1. The van der Waals surface area contributed by atoms with E-state index in [9.17, 15) is 22.8 Å². The Bertz CT molecular complexity index is 577. The number of anilines is 1. The van der Waals surface area contributed by atoms with E-state index in [2.05, 4.69) is 16.0 Å². The normalized spacial score (nSPS) is 18.5. The highest BCUT2D eigenvalue weighted by Gasteiger charge is 2.31. The molecule has 0 bridgehead atoms. The van der Waals surface area contributed by atoms with Crippen molar-refractivity contribution in [1.82, 2.24) is 10.6 Å². The fourth-order valence-electron chi connectivity index (χ4n) is 2.13. The topological polar surface area (TPSA) is 70.2 Å². The summed E-state index contributed by atoms with van der Waals surface area (Å²) in [5.41, 5.74) is -0.189. The van der Waals surface area contributed by atoms with Gasteiger partial charge in [-0.2, -0.15) is 13.2 Å². The average molecular weight is 315 g/mol. The lowest BCUT2D eigenvalue weighted by molar-refractivity contribution is -0.137. The van der Waals surface area contributed by atoms with E-state index < -0.39 is 17.8 Å². The molecular weight excluding hydrogens is 299 g/mol. The van der Waals surface area contributed by atoms with Crippen molar-refractivity contribution in [3.05, 3.63) is 29.3 Å². The third-order valence-electron chi connectivity index (χ3n) is 3.41. The van der Waals surface area contributed by atoms with Gasteiger partial charge in [-0.1, -0.05) is 6.07 Å². The summed E-state index contributed by atoms with van der Waals surface area (Å²) in [4.78, 5) is 22.9. The van der Waals surface area contributed by atoms with Gasteiger partial charge in [0.25, 0.3) is 0 Å². The van der Waals surface area contributed by atoms with E-state index in [0.29, 0.717) is 24.9 Å². The molecule has 1 aromatic carbocycles. The monoisotopic (exact) mass is 315 g/mol. The Balaban J connectivity index is 2.00. The first kappa shape index (κ1) is 16.1. The molecule has 1 aliphatic rings. The molecule has 0 aromatic heterocycles. The number of hydrogen-bond acceptors (Lipinski definition) is 2. The van der Waals surface area contributed by atoms with E-state index in [1.807, 2.05) is 0 Å². The number of benzene rings is 1. The van der Waals surface area contributed by atoms with Gasteiger partial charge in [0.05, 0.1) is 5.56 Å². The molecule has 3 N–H and O–H groups in total. The molecule has 0 radical (unpaired) electrons. The Morgan fingerprint density at radius 1 is 1.36 bits per heavy atom. The van der Waals surface area contributed by atoms with E-state index in [0.717, 1.165) is 12.1 Å². The van der Waals surface area contributed by atoms with Crippen LogP contribution in [0.2, 0.25) is 0 Å². The van der Waals surface area contributed by atoms with Crippen LogP contribution in [0.15, 0.2) is 18.2 Å². The zero-order valence-corrected chi connectivity index (χ0v) is 11.9. The maximum Gasteiger partial charge on any atom is 0.416 e. The lowest BCUT2D eigenvalue weighted by Crippen LogP contribution is -2.48. The number of piperidine rings is 1. The quantitative estimate of drug-likeness (QED) is 0.784. The van der Waals surface area contributed by atoms with Crippen molar-refractivity contribution in [2.75, 3.05) is 11.9 Å². The van der Waals surface area contributed by atoms with Crippen LogP contribution in [0.5, 0.6) is 0 Å². The molecule has 2 rings (SSSR count). The highest BCUT2D eigenvalue weighted by molar-refractivity contribution is 5.90. The maximum atomic E-state index is 12.7. The summed E-state index contributed by atoms with van der Waals surface area (Å²) in [5.74, 6) is -0.0767. The lowest BCUT2D eigenvalue weighted by atomic mass is 10.1. The van der Waals surface area contributed by atoms with Gasteiger partial charge in [-0.15, -0.1) is 0 Å². The van der Waals surface area contributed by atoms with Crippen LogP contribution in [0, 0.1) is 6.92 Å². The third kappa shape index (κ3) is 4.12. The summed E-state index contributed by atoms with van der Waals surface area (Å²) in [6.07, 6.45) is -3.65. The van der Waals surface area contributed by atoms with Gasteiger partial charge < -0.3 is 16.0 Å². The number of alkyl halides is 3. The minimum atomic E-state index is -4.46. The van der Waals surface area contributed by atoms with Crippen molar-refractivity contribution in [3.63, 3.8) is 0 Å². The van der Waals surface area contributed by atoms with Gasteiger partial charge >= 0.3 is 12.2 Å². The Morgan fingerprint density at radius 2 is 2.09 bits per heavy atom. The summed E-state index contributed by atoms with van der Waals surface area (Å²) in [7, 11) is 0. The zero-order valence-electron chi connectivity index (χ0n) is 11.9. The molecule has 1 heterocycles. The Labute approximate surface area is 125 Å². The van der Waals surface area contributed by atoms with E-state index >= 15 is 0 Å². The Kier molecular flexibility index (Phi) is 4.58. The first-order valence-corrected chi connectivity index (χ1v) is 6.78. The summed E-state index contributed by atoms with van der Waals surface area (Å²) >= 11 is 0. The van der Waals surface area contributed by atoms with Gasteiger partial charge in [-0.3, -0.25) is 4.79 Å². The molecule has 120 valence electrons. The van der Waals surface area contributed by atoms with Crippen LogP contribution in [-0.4, -0.2) is 24.5 Å². The molecule has 0 unspecified atom stereocenters. The second-order valence-corrected chi connectivity index (χ2v) is 5.17. The average Bonchev–Trinajstić information content (AvgIpc) is 2.42. The third-order valence-corrected chi connectivity index (χ3v) is 3.41. The SMILES string of the molecule is Cc1ccc(C(F)(F)F)cc1NC(=O)N[C@H]1CCC(=O)NC1. The van der Waals surface area contributed by atoms with Crippen LogP contribution in [0.1, 0.15) is 24.0 Å². The van der Waals surface area contributed by atoms with Gasteiger partial charge in [-0.05, 0) is 31.0 Å². The van der Waals surface area contributed by atoms with Crippen LogP contribution in [0.3, 0.4) is 0 Å². The molecule has 1 saturated heterocycles. The Hall–Kier alpha value is -2.25. The van der Waals surface area contributed by atoms with E-state index in [1.54, 1.807) is 6.92 Å². The van der Waals surface area contributed by atoms with E-state index in [1.165, 1.54) is 6.07 Å².